The number of pyridine rings is 1. The highest BCUT2D eigenvalue weighted by molar-refractivity contribution is 7.98. The molecule has 0 spiro atoms. The lowest BCUT2D eigenvalue weighted by molar-refractivity contribution is 1.11. The Balaban J connectivity index is 2.05. The van der Waals surface area contributed by atoms with E-state index in [0.717, 1.165) is 16.3 Å². The van der Waals surface area contributed by atoms with Crippen molar-refractivity contribution in [1.29, 1.82) is 0 Å². The Morgan fingerprint density at radius 3 is 2.62 bits per heavy atom. The predicted molar refractivity (Wildman–Crippen MR) is 70.0 cm³/mol. The maximum absolute atomic E-state index is 5.91. The van der Waals surface area contributed by atoms with Crippen molar-refractivity contribution in [3.8, 4) is 0 Å². The van der Waals surface area contributed by atoms with Gasteiger partial charge in [-0.1, -0.05) is 41.9 Å². The second kappa shape index (κ2) is 5.37. The molecule has 0 bridgehead atoms. The number of rotatable bonds is 3. The highest BCUT2D eigenvalue weighted by atomic mass is 35.5. The van der Waals surface area contributed by atoms with Crippen molar-refractivity contribution in [2.45, 2.75) is 17.7 Å². The number of nitrogens with zero attached hydrogens (tertiary/aromatic N) is 1. The highest BCUT2D eigenvalue weighted by Gasteiger charge is 2.00. The molecule has 16 heavy (non-hydrogen) atoms. The predicted octanol–water partition coefficient (Wildman–Crippen LogP) is 4.34. The molecular formula is C13H12ClNS. The van der Waals surface area contributed by atoms with Gasteiger partial charge in [0, 0.05) is 5.75 Å². The Morgan fingerprint density at radius 2 is 1.94 bits per heavy atom. The summed E-state index contributed by atoms with van der Waals surface area (Å²) in [7, 11) is 0. The SMILES string of the molecule is Cc1cc(Cl)nc(SCc2ccccc2)c1. The van der Waals surface area contributed by atoms with Gasteiger partial charge in [0.25, 0.3) is 0 Å². The molecule has 0 aliphatic carbocycles. The highest BCUT2D eigenvalue weighted by Crippen LogP contribution is 2.23. The zero-order chi connectivity index (χ0) is 11.4. The molecule has 0 radical (unpaired) electrons. The smallest absolute Gasteiger partial charge is 0.130 e. The van der Waals surface area contributed by atoms with Crippen LogP contribution in [0.1, 0.15) is 11.1 Å². The van der Waals surface area contributed by atoms with Gasteiger partial charge in [0.05, 0.1) is 5.03 Å². The van der Waals surface area contributed by atoms with Gasteiger partial charge in [0.15, 0.2) is 0 Å². The first-order chi connectivity index (χ1) is 7.74. The average Bonchev–Trinajstić information content (AvgIpc) is 2.27. The Bertz CT molecular complexity index is 450. The van der Waals surface area contributed by atoms with Crippen molar-refractivity contribution < 1.29 is 0 Å². The molecule has 1 aromatic carbocycles. The average molecular weight is 250 g/mol. The number of halogens is 1. The first kappa shape index (κ1) is 11.5. The third-order valence-electron chi connectivity index (χ3n) is 2.14. The Kier molecular flexibility index (Phi) is 3.86. The van der Waals surface area contributed by atoms with Crippen molar-refractivity contribution in [2.75, 3.05) is 0 Å². The van der Waals surface area contributed by atoms with Crippen LogP contribution in [0.2, 0.25) is 5.15 Å². The molecule has 0 unspecified atom stereocenters. The molecule has 1 nitrogen and oxygen atoms in total. The van der Waals surface area contributed by atoms with Gasteiger partial charge < -0.3 is 0 Å². The van der Waals surface area contributed by atoms with E-state index in [-0.39, 0.29) is 0 Å². The van der Waals surface area contributed by atoms with Crippen LogP contribution >= 0.6 is 23.4 Å². The van der Waals surface area contributed by atoms with Gasteiger partial charge in [-0.05, 0) is 30.2 Å². The number of hydrogen-bond donors (Lipinski definition) is 0. The second-order valence-electron chi connectivity index (χ2n) is 3.58. The lowest BCUT2D eigenvalue weighted by Crippen LogP contribution is -1.85. The molecular weight excluding hydrogens is 238 g/mol. The minimum absolute atomic E-state index is 0.565. The van der Waals surface area contributed by atoms with Gasteiger partial charge >= 0.3 is 0 Å². The summed E-state index contributed by atoms with van der Waals surface area (Å²) in [6.07, 6.45) is 0. The summed E-state index contributed by atoms with van der Waals surface area (Å²) in [6.45, 7) is 2.03. The summed E-state index contributed by atoms with van der Waals surface area (Å²) in [5.41, 5.74) is 2.45. The first-order valence-corrected chi connectivity index (χ1v) is 6.41. The van der Waals surface area contributed by atoms with Gasteiger partial charge in [0.1, 0.15) is 5.15 Å². The number of aromatic nitrogens is 1. The van der Waals surface area contributed by atoms with Gasteiger partial charge in [-0.3, -0.25) is 0 Å². The summed E-state index contributed by atoms with van der Waals surface area (Å²) in [5, 5.41) is 1.55. The number of hydrogen-bond acceptors (Lipinski definition) is 2. The van der Waals surface area contributed by atoms with E-state index in [1.165, 1.54) is 5.56 Å². The van der Waals surface area contributed by atoms with E-state index in [9.17, 15) is 0 Å². The minimum Gasteiger partial charge on any atom is -0.230 e. The van der Waals surface area contributed by atoms with Gasteiger partial charge in [-0.15, -0.1) is 11.8 Å². The summed E-state index contributed by atoms with van der Waals surface area (Å²) in [6, 6.07) is 14.3. The molecule has 0 saturated carbocycles. The molecule has 1 aromatic heterocycles. The molecule has 0 fully saturated rings. The van der Waals surface area contributed by atoms with E-state index in [2.05, 4.69) is 23.2 Å². The third kappa shape index (κ3) is 3.26. The molecule has 0 N–H and O–H groups in total. The van der Waals surface area contributed by atoms with Gasteiger partial charge in [-0.2, -0.15) is 0 Å². The Hall–Kier alpha value is -0.990. The van der Waals surface area contributed by atoms with Crippen LogP contribution in [0.25, 0.3) is 0 Å². The topological polar surface area (TPSA) is 12.9 Å². The molecule has 2 aromatic rings. The van der Waals surface area contributed by atoms with Gasteiger partial charge in [0.2, 0.25) is 0 Å². The summed E-state index contributed by atoms with van der Waals surface area (Å²) in [5.74, 6) is 0.924. The summed E-state index contributed by atoms with van der Waals surface area (Å²) < 4.78 is 0. The monoisotopic (exact) mass is 249 g/mol. The van der Waals surface area contributed by atoms with E-state index < -0.39 is 0 Å². The van der Waals surface area contributed by atoms with E-state index in [0.29, 0.717) is 5.15 Å². The zero-order valence-corrected chi connectivity index (χ0v) is 10.6. The van der Waals surface area contributed by atoms with Crippen molar-refractivity contribution in [2.24, 2.45) is 0 Å². The second-order valence-corrected chi connectivity index (χ2v) is 4.96. The fourth-order valence-corrected chi connectivity index (χ4v) is 2.65. The maximum Gasteiger partial charge on any atom is 0.130 e. The van der Waals surface area contributed by atoms with Crippen LogP contribution in [0.5, 0.6) is 0 Å². The van der Waals surface area contributed by atoms with E-state index >= 15 is 0 Å². The molecule has 0 aliphatic heterocycles. The Morgan fingerprint density at radius 1 is 1.19 bits per heavy atom. The fraction of sp³-hybridized carbons (Fsp3) is 0.154. The van der Waals surface area contributed by atoms with Crippen molar-refractivity contribution in [3.63, 3.8) is 0 Å². The summed E-state index contributed by atoms with van der Waals surface area (Å²) in [4.78, 5) is 4.28. The molecule has 82 valence electrons. The largest absolute Gasteiger partial charge is 0.230 e. The summed E-state index contributed by atoms with van der Waals surface area (Å²) >= 11 is 7.61. The lowest BCUT2D eigenvalue weighted by Gasteiger charge is -2.03. The molecule has 0 atom stereocenters. The zero-order valence-electron chi connectivity index (χ0n) is 8.98. The molecule has 0 saturated heterocycles. The van der Waals surface area contributed by atoms with Gasteiger partial charge in [-0.25, -0.2) is 4.98 Å². The van der Waals surface area contributed by atoms with Crippen LogP contribution in [-0.4, -0.2) is 4.98 Å². The first-order valence-electron chi connectivity index (χ1n) is 5.05. The number of aryl methyl sites for hydroxylation is 1. The van der Waals surface area contributed by atoms with Crippen LogP contribution in [-0.2, 0) is 5.75 Å². The fourth-order valence-electron chi connectivity index (χ4n) is 1.40. The van der Waals surface area contributed by atoms with Crippen LogP contribution in [0.15, 0.2) is 47.5 Å². The van der Waals surface area contributed by atoms with Crippen LogP contribution in [0.4, 0.5) is 0 Å². The van der Waals surface area contributed by atoms with E-state index in [1.807, 2.05) is 31.2 Å². The van der Waals surface area contributed by atoms with Crippen LogP contribution in [0, 0.1) is 6.92 Å². The molecule has 0 aliphatic rings. The molecule has 2 rings (SSSR count). The molecule has 0 amide bonds. The van der Waals surface area contributed by atoms with E-state index in [1.54, 1.807) is 11.8 Å². The minimum atomic E-state index is 0.565. The molecule has 1 heterocycles. The van der Waals surface area contributed by atoms with Crippen molar-refractivity contribution in [3.05, 3.63) is 58.7 Å². The number of benzene rings is 1. The quantitative estimate of drug-likeness (QED) is 0.593. The third-order valence-corrected chi connectivity index (χ3v) is 3.32. The van der Waals surface area contributed by atoms with Crippen molar-refractivity contribution in [1.82, 2.24) is 4.98 Å². The maximum atomic E-state index is 5.91. The normalized spacial score (nSPS) is 10.4. The standard InChI is InChI=1S/C13H12ClNS/c1-10-7-12(14)15-13(8-10)16-9-11-5-3-2-4-6-11/h2-8H,9H2,1H3. The van der Waals surface area contributed by atoms with Crippen LogP contribution in [0.3, 0.4) is 0 Å². The Labute approximate surface area is 105 Å². The van der Waals surface area contributed by atoms with E-state index in [4.69, 9.17) is 11.6 Å². The lowest BCUT2D eigenvalue weighted by atomic mass is 10.2. The van der Waals surface area contributed by atoms with Crippen LogP contribution < -0.4 is 0 Å². The van der Waals surface area contributed by atoms with Crippen molar-refractivity contribution >= 4 is 23.4 Å². The molecule has 3 heteroatoms. The number of thioether (sulfide) groups is 1.